The molecule has 0 unspecified atom stereocenters. The van der Waals surface area contributed by atoms with E-state index in [0.29, 0.717) is 6.04 Å². The molecule has 1 aliphatic carbocycles. The zero-order chi connectivity index (χ0) is 13.3. The van der Waals surface area contributed by atoms with Gasteiger partial charge < -0.3 is 10.1 Å². The topological polar surface area (TPSA) is 21.3 Å². The molecule has 20 heavy (non-hydrogen) atoms. The Kier molecular flexibility index (Phi) is 8.72. The fourth-order valence-electron chi connectivity index (χ4n) is 2.79. The molecule has 2 rings (SSSR count). The highest BCUT2D eigenvalue weighted by Crippen LogP contribution is 2.18. The number of hydrogen-bond acceptors (Lipinski definition) is 2. The van der Waals surface area contributed by atoms with Crippen LogP contribution in [0.5, 0.6) is 5.75 Å². The lowest BCUT2D eigenvalue weighted by Gasteiger charge is -2.21. The van der Waals surface area contributed by atoms with Gasteiger partial charge in [0.15, 0.2) is 0 Å². The van der Waals surface area contributed by atoms with Crippen molar-refractivity contribution in [1.82, 2.24) is 5.32 Å². The van der Waals surface area contributed by atoms with Crippen molar-refractivity contribution in [1.29, 1.82) is 0 Å². The minimum atomic E-state index is 0. The molecular weight excluding hydrogens is 270 g/mol. The quantitative estimate of drug-likeness (QED) is 0.850. The average Bonchev–Trinajstić information content (AvgIpc) is 2.39. The third-order valence-corrected chi connectivity index (χ3v) is 3.93. The van der Waals surface area contributed by atoms with Gasteiger partial charge in [-0.05, 0) is 37.5 Å². The Hall–Kier alpha value is -0.730. The second kappa shape index (κ2) is 10.1. The first-order valence-corrected chi connectivity index (χ1v) is 7.83. The minimum absolute atomic E-state index is 0. The monoisotopic (exact) mass is 297 g/mol. The second-order valence-corrected chi connectivity index (χ2v) is 5.50. The maximum absolute atomic E-state index is 5.47. The van der Waals surface area contributed by atoms with E-state index in [2.05, 4.69) is 29.6 Å². The Morgan fingerprint density at radius 2 is 1.60 bits per heavy atom. The fourth-order valence-corrected chi connectivity index (χ4v) is 2.79. The molecule has 1 fully saturated rings. The smallest absolute Gasteiger partial charge is 0.119 e. The van der Waals surface area contributed by atoms with Crippen molar-refractivity contribution in [2.75, 3.05) is 6.61 Å². The van der Waals surface area contributed by atoms with Crippen molar-refractivity contribution in [2.45, 2.75) is 64.5 Å². The molecular formula is C17H28ClNO. The van der Waals surface area contributed by atoms with Gasteiger partial charge in [0.2, 0.25) is 0 Å². The predicted molar refractivity (Wildman–Crippen MR) is 87.8 cm³/mol. The number of nitrogens with one attached hydrogen (secondary N) is 1. The molecule has 0 atom stereocenters. The van der Waals surface area contributed by atoms with E-state index in [1.165, 1.54) is 50.5 Å². The molecule has 1 aromatic rings. The Balaban J connectivity index is 0.00000200. The van der Waals surface area contributed by atoms with Crippen LogP contribution >= 0.6 is 12.4 Å². The Morgan fingerprint density at radius 3 is 2.20 bits per heavy atom. The summed E-state index contributed by atoms with van der Waals surface area (Å²) in [5.74, 6) is 0.970. The van der Waals surface area contributed by atoms with Crippen LogP contribution in [0.3, 0.4) is 0 Å². The largest absolute Gasteiger partial charge is 0.494 e. The van der Waals surface area contributed by atoms with Crippen molar-refractivity contribution in [3.63, 3.8) is 0 Å². The van der Waals surface area contributed by atoms with E-state index in [9.17, 15) is 0 Å². The SMILES string of the molecule is CCOc1ccc(CNC2CCCCCCC2)cc1.Cl. The molecule has 1 aliphatic rings. The lowest BCUT2D eigenvalue weighted by atomic mass is 9.96. The molecule has 0 bridgehead atoms. The van der Waals surface area contributed by atoms with Gasteiger partial charge in [-0.25, -0.2) is 0 Å². The van der Waals surface area contributed by atoms with E-state index in [1.54, 1.807) is 0 Å². The van der Waals surface area contributed by atoms with E-state index in [4.69, 9.17) is 4.74 Å². The normalized spacial score (nSPS) is 16.9. The summed E-state index contributed by atoms with van der Waals surface area (Å²) in [7, 11) is 0. The van der Waals surface area contributed by atoms with Gasteiger partial charge >= 0.3 is 0 Å². The van der Waals surface area contributed by atoms with Crippen LogP contribution in [0.1, 0.15) is 57.4 Å². The van der Waals surface area contributed by atoms with E-state index < -0.39 is 0 Å². The molecule has 1 aromatic carbocycles. The summed E-state index contributed by atoms with van der Waals surface area (Å²) < 4.78 is 5.47. The van der Waals surface area contributed by atoms with Gasteiger partial charge in [0.1, 0.15) is 5.75 Å². The van der Waals surface area contributed by atoms with Gasteiger partial charge in [0, 0.05) is 12.6 Å². The number of rotatable bonds is 5. The molecule has 0 saturated heterocycles. The summed E-state index contributed by atoms with van der Waals surface area (Å²) >= 11 is 0. The van der Waals surface area contributed by atoms with E-state index in [0.717, 1.165) is 18.9 Å². The third kappa shape index (κ3) is 6.15. The van der Waals surface area contributed by atoms with Gasteiger partial charge in [-0.2, -0.15) is 0 Å². The van der Waals surface area contributed by atoms with Crippen molar-refractivity contribution < 1.29 is 4.74 Å². The van der Waals surface area contributed by atoms with Crippen molar-refractivity contribution in [2.24, 2.45) is 0 Å². The molecule has 3 heteroatoms. The van der Waals surface area contributed by atoms with Gasteiger partial charge in [0.05, 0.1) is 6.61 Å². The van der Waals surface area contributed by atoms with Gasteiger partial charge in [-0.1, -0.05) is 44.2 Å². The molecule has 0 amide bonds. The summed E-state index contributed by atoms with van der Waals surface area (Å²) in [6.45, 7) is 3.74. The fraction of sp³-hybridized carbons (Fsp3) is 0.647. The summed E-state index contributed by atoms with van der Waals surface area (Å²) in [6.07, 6.45) is 9.74. The van der Waals surface area contributed by atoms with Crippen LogP contribution in [0.15, 0.2) is 24.3 Å². The first-order valence-electron chi connectivity index (χ1n) is 7.83. The van der Waals surface area contributed by atoms with E-state index >= 15 is 0 Å². The van der Waals surface area contributed by atoms with E-state index in [-0.39, 0.29) is 12.4 Å². The average molecular weight is 298 g/mol. The number of halogens is 1. The van der Waals surface area contributed by atoms with Crippen LogP contribution in [-0.2, 0) is 6.54 Å². The Labute approximate surface area is 129 Å². The Morgan fingerprint density at radius 1 is 1.00 bits per heavy atom. The molecule has 0 heterocycles. The third-order valence-electron chi connectivity index (χ3n) is 3.93. The standard InChI is InChI=1S/C17H27NO.ClH/c1-2-19-17-12-10-15(11-13-17)14-18-16-8-6-4-3-5-7-9-16;/h10-13,16,18H,2-9,14H2,1H3;1H. The Bertz CT molecular complexity index is 345. The molecule has 0 radical (unpaired) electrons. The zero-order valence-electron chi connectivity index (χ0n) is 12.6. The summed E-state index contributed by atoms with van der Waals surface area (Å²) in [5, 5.41) is 3.72. The highest BCUT2D eigenvalue weighted by atomic mass is 35.5. The lowest BCUT2D eigenvalue weighted by Crippen LogP contribution is -2.29. The minimum Gasteiger partial charge on any atom is -0.494 e. The van der Waals surface area contributed by atoms with Crippen LogP contribution in [0.25, 0.3) is 0 Å². The molecule has 1 saturated carbocycles. The van der Waals surface area contributed by atoms with E-state index in [1.807, 2.05) is 6.92 Å². The highest BCUT2D eigenvalue weighted by Gasteiger charge is 2.10. The number of hydrogen-bond donors (Lipinski definition) is 1. The number of benzene rings is 1. The first-order chi connectivity index (χ1) is 9.38. The summed E-state index contributed by atoms with van der Waals surface area (Å²) in [5.41, 5.74) is 1.35. The molecule has 114 valence electrons. The molecule has 2 nitrogen and oxygen atoms in total. The summed E-state index contributed by atoms with van der Waals surface area (Å²) in [6, 6.07) is 9.19. The molecule has 0 spiro atoms. The van der Waals surface area contributed by atoms with Gasteiger partial charge in [0.25, 0.3) is 0 Å². The number of ether oxygens (including phenoxy) is 1. The first kappa shape index (κ1) is 17.3. The maximum atomic E-state index is 5.47. The molecule has 0 aromatic heterocycles. The van der Waals surface area contributed by atoms with Crippen LogP contribution in [0, 0.1) is 0 Å². The highest BCUT2D eigenvalue weighted by molar-refractivity contribution is 5.85. The molecule has 1 N–H and O–H groups in total. The lowest BCUT2D eigenvalue weighted by molar-refractivity contribution is 0.340. The van der Waals surface area contributed by atoms with Crippen LogP contribution < -0.4 is 10.1 Å². The van der Waals surface area contributed by atoms with Gasteiger partial charge in [-0.3, -0.25) is 0 Å². The van der Waals surface area contributed by atoms with Crippen molar-refractivity contribution in [3.05, 3.63) is 29.8 Å². The zero-order valence-corrected chi connectivity index (χ0v) is 13.4. The van der Waals surface area contributed by atoms with Gasteiger partial charge in [-0.15, -0.1) is 12.4 Å². The van der Waals surface area contributed by atoms with Crippen LogP contribution in [0.2, 0.25) is 0 Å². The van der Waals surface area contributed by atoms with Crippen molar-refractivity contribution >= 4 is 12.4 Å². The summed E-state index contributed by atoms with van der Waals surface area (Å²) in [4.78, 5) is 0. The van der Waals surface area contributed by atoms with Crippen molar-refractivity contribution in [3.8, 4) is 5.75 Å². The second-order valence-electron chi connectivity index (χ2n) is 5.50. The molecule has 0 aliphatic heterocycles. The maximum Gasteiger partial charge on any atom is 0.119 e. The predicted octanol–water partition coefficient (Wildman–Crippen LogP) is 4.71. The van der Waals surface area contributed by atoms with Crippen LogP contribution in [0.4, 0.5) is 0 Å². The van der Waals surface area contributed by atoms with Crippen LogP contribution in [-0.4, -0.2) is 12.6 Å².